The second kappa shape index (κ2) is 11.7. The highest BCUT2D eigenvalue weighted by molar-refractivity contribution is 5.95. The van der Waals surface area contributed by atoms with Crippen LogP contribution in [0, 0.1) is 0 Å². The lowest BCUT2D eigenvalue weighted by Gasteiger charge is -2.37. The molecule has 1 fully saturated rings. The molecule has 0 radical (unpaired) electrons. The van der Waals surface area contributed by atoms with Crippen LogP contribution in [-0.2, 0) is 11.3 Å². The van der Waals surface area contributed by atoms with Gasteiger partial charge in [0.25, 0.3) is 5.91 Å². The van der Waals surface area contributed by atoms with E-state index in [9.17, 15) is 27.6 Å². The highest BCUT2D eigenvalue weighted by Gasteiger charge is 2.39. The van der Waals surface area contributed by atoms with Gasteiger partial charge >= 0.3 is 18.1 Å². The average Bonchev–Trinajstić information content (AvgIpc) is 2.89. The molecule has 3 rings (SSSR count). The molecule has 2 aromatic rings. The Kier molecular flexibility index (Phi) is 8.69. The van der Waals surface area contributed by atoms with Gasteiger partial charge in [-0.2, -0.15) is 13.2 Å². The number of hydrogen-bond acceptors (Lipinski definition) is 6. The van der Waals surface area contributed by atoms with Crippen LogP contribution in [0.5, 0.6) is 5.75 Å². The Bertz CT molecular complexity index is 1070. The molecule has 0 unspecified atom stereocenters. The first-order valence-electron chi connectivity index (χ1n) is 11.2. The largest absolute Gasteiger partial charge is 0.497 e. The summed E-state index contributed by atoms with van der Waals surface area (Å²) in [5, 5.41) is 0. The van der Waals surface area contributed by atoms with Crippen molar-refractivity contribution in [3.63, 3.8) is 0 Å². The second-order valence-corrected chi connectivity index (χ2v) is 7.94. The molecule has 0 bridgehead atoms. The minimum absolute atomic E-state index is 0.0730. The number of hydrazine groups is 1. The fraction of sp³-hybridized carbons (Fsp3) is 0.391. The number of urea groups is 1. The molecule has 1 aliphatic heterocycles. The van der Waals surface area contributed by atoms with E-state index in [0.29, 0.717) is 30.2 Å². The Labute approximate surface area is 206 Å². The number of carbonyl (C=O) groups is 3. The van der Waals surface area contributed by atoms with Crippen LogP contribution in [-0.4, -0.2) is 78.6 Å². The van der Waals surface area contributed by atoms with Crippen LogP contribution in [0.3, 0.4) is 0 Å². The molecule has 1 saturated heterocycles. The lowest BCUT2D eigenvalue weighted by molar-refractivity contribution is -0.174. The van der Waals surface area contributed by atoms with Crippen LogP contribution in [0.15, 0.2) is 42.6 Å². The summed E-state index contributed by atoms with van der Waals surface area (Å²) in [5.41, 5.74) is 3.94. The van der Waals surface area contributed by atoms with Gasteiger partial charge in [0, 0.05) is 44.1 Å². The number of benzene rings is 1. The van der Waals surface area contributed by atoms with Gasteiger partial charge in [-0.25, -0.2) is 4.79 Å². The number of amides is 4. The van der Waals surface area contributed by atoms with Gasteiger partial charge in [0.2, 0.25) is 0 Å². The summed E-state index contributed by atoms with van der Waals surface area (Å²) in [6.07, 6.45) is -3.98. The van der Waals surface area contributed by atoms with E-state index in [1.165, 1.54) is 24.7 Å². The van der Waals surface area contributed by atoms with Crippen LogP contribution in [0.2, 0.25) is 0 Å². The van der Waals surface area contributed by atoms with Gasteiger partial charge < -0.3 is 14.5 Å². The van der Waals surface area contributed by atoms with Gasteiger partial charge in [0.05, 0.1) is 24.9 Å². The number of anilines is 1. The summed E-state index contributed by atoms with van der Waals surface area (Å²) in [4.78, 5) is 46.1. The number of aromatic nitrogens is 1. The fourth-order valence-electron chi connectivity index (χ4n) is 3.54. The third-order valence-electron chi connectivity index (χ3n) is 5.64. The lowest BCUT2D eigenvalue weighted by atomic mass is 10.2. The Morgan fingerprint density at radius 2 is 1.81 bits per heavy atom. The monoisotopic (exact) mass is 508 g/mol. The Morgan fingerprint density at radius 3 is 2.39 bits per heavy atom. The zero-order valence-electron chi connectivity index (χ0n) is 19.8. The molecule has 194 valence electrons. The number of alkyl halides is 3. The van der Waals surface area contributed by atoms with Crippen molar-refractivity contribution in [1.29, 1.82) is 0 Å². The van der Waals surface area contributed by atoms with Gasteiger partial charge in [-0.3, -0.25) is 30.3 Å². The minimum Gasteiger partial charge on any atom is -0.497 e. The number of halogens is 3. The molecule has 1 aromatic heterocycles. The number of pyridine rings is 1. The van der Waals surface area contributed by atoms with E-state index >= 15 is 0 Å². The van der Waals surface area contributed by atoms with E-state index in [1.807, 2.05) is 0 Å². The van der Waals surface area contributed by atoms with E-state index in [1.54, 1.807) is 39.5 Å². The smallest absolute Gasteiger partial charge is 0.472 e. The summed E-state index contributed by atoms with van der Waals surface area (Å²) in [6, 6.07) is 9.63. The summed E-state index contributed by atoms with van der Waals surface area (Å²) >= 11 is 0. The number of piperazine rings is 1. The Balaban J connectivity index is 1.74. The van der Waals surface area contributed by atoms with Gasteiger partial charge in [-0.05, 0) is 30.8 Å². The number of rotatable bonds is 6. The van der Waals surface area contributed by atoms with Gasteiger partial charge in [-0.1, -0.05) is 13.0 Å². The van der Waals surface area contributed by atoms with Crippen molar-refractivity contribution >= 4 is 23.5 Å². The maximum atomic E-state index is 13.5. The molecular weight excluding hydrogens is 481 g/mol. The first-order chi connectivity index (χ1) is 17.1. The quantitative estimate of drug-likeness (QED) is 0.580. The van der Waals surface area contributed by atoms with E-state index in [2.05, 4.69) is 16.8 Å². The number of nitrogens with zero attached hydrogens (tertiary/aromatic N) is 4. The standard InChI is InChI=1S/C23H27F3N6O4/c1-3-30-9-11-31(12-10-30)22(35)32(18-5-4-6-19(13-18)36-2)15-17-8-7-16(14-27-17)20(33)28-29-21(34)23(24,25)26/h4-8,13-14H,3,9-12,15H2,1-2H3,(H,28,33)(H,29,34). The topological polar surface area (TPSA) is 107 Å². The first-order valence-corrected chi connectivity index (χ1v) is 11.2. The third-order valence-corrected chi connectivity index (χ3v) is 5.64. The fourth-order valence-corrected chi connectivity index (χ4v) is 3.54. The van der Waals surface area contributed by atoms with Gasteiger partial charge in [0.15, 0.2) is 0 Å². The normalized spacial score (nSPS) is 14.2. The minimum atomic E-state index is -5.13. The summed E-state index contributed by atoms with van der Waals surface area (Å²) < 4.78 is 42.1. The predicted octanol–water partition coefficient (Wildman–Crippen LogP) is 2.18. The van der Waals surface area contributed by atoms with Crippen molar-refractivity contribution in [2.75, 3.05) is 44.7 Å². The number of ether oxygens (including phenoxy) is 1. The van der Waals surface area contributed by atoms with E-state index in [0.717, 1.165) is 25.8 Å². The van der Waals surface area contributed by atoms with Crippen molar-refractivity contribution < 1.29 is 32.3 Å². The molecule has 0 spiro atoms. The molecule has 1 aliphatic rings. The van der Waals surface area contributed by atoms with E-state index in [-0.39, 0.29) is 18.1 Å². The molecule has 1 aromatic carbocycles. The molecule has 0 saturated carbocycles. The average molecular weight is 509 g/mol. The lowest BCUT2D eigenvalue weighted by Crippen LogP contribution is -2.52. The molecule has 4 amide bonds. The van der Waals surface area contributed by atoms with Crippen molar-refractivity contribution in [3.8, 4) is 5.75 Å². The highest BCUT2D eigenvalue weighted by Crippen LogP contribution is 2.24. The number of methoxy groups -OCH3 is 1. The molecule has 2 N–H and O–H groups in total. The molecule has 10 nitrogen and oxygen atoms in total. The number of hydrogen-bond donors (Lipinski definition) is 2. The van der Waals surface area contributed by atoms with Crippen molar-refractivity contribution in [1.82, 2.24) is 25.6 Å². The second-order valence-electron chi connectivity index (χ2n) is 7.94. The van der Waals surface area contributed by atoms with Crippen molar-refractivity contribution in [3.05, 3.63) is 53.9 Å². The van der Waals surface area contributed by atoms with E-state index < -0.39 is 18.0 Å². The SMILES string of the molecule is CCN1CCN(C(=O)N(Cc2ccc(C(=O)NNC(=O)C(F)(F)F)cn2)c2cccc(OC)c2)CC1. The molecule has 36 heavy (non-hydrogen) atoms. The third kappa shape index (κ3) is 6.84. The zero-order chi connectivity index (χ0) is 26.3. The summed E-state index contributed by atoms with van der Waals surface area (Å²) in [7, 11) is 1.53. The maximum absolute atomic E-state index is 13.5. The Morgan fingerprint density at radius 1 is 1.08 bits per heavy atom. The molecule has 2 heterocycles. The van der Waals surface area contributed by atoms with Crippen LogP contribution < -0.4 is 20.5 Å². The van der Waals surface area contributed by atoms with Gasteiger partial charge in [0.1, 0.15) is 5.75 Å². The van der Waals surface area contributed by atoms with E-state index in [4.69, 9.17) is 4.74 Å². The predicted molar refractivity (Wildman–Crippen MR) is 124 cm³/mol. The van der Waals surface area contributed by atoms with Crippen LogP contribution in [0.4, 0.5) is 23.7 Å². The van der Waals surface area contributed by atoms with Crippen LogP contribution in [0.25, 0.3) is 0 Å². The molecule has 0 aliphatic carbocycles. The maximum Gasteiger partial charge on any atom is 0.472 e. The van der Waals surface area contributed by atoms with Crippen molar-refractivity contribution in [2.45, 2.75) is 19.6 Å². The number of carbonyl (C=O) groups excluding carboxylic acids is 3. The Hall–Kier alpha value is -3.87. The first kappa shape index (κ1) is 26.7. The number of nitrogens with one attached hydrogen (secondary N) is 2. The van der Waals surface area contributed by atoms with Crippen LogP contribution >= 0.6 is 0 Å². The number of likely N-dealkylation sites (N-methyl/N-ethyl adjacent to an activating group) is 1. The summed E-state index contributed by atoms with van der Waals surface area (Å²) in [5.74, 6) is -2.70. The highest BCUT2D eigenvalue weighted by atomic mass is 19.4. The zero-order valence-corrected chi connectivity index (χ0v) is 19.8. The van der Waals surface area contributed by atoms with Gasteiger partial charge in [-0.15, -0.1) is 0 Å². The molecule has 13 heteroatoms. The summed E-state index contributed by atoms with van der Waals surface area (Å²) in [6.45, 7) is 5.73. The molecule has 0 atom stereocenters. The van der Waals surface area contributed by atoms with Crippen molar-refractivity contribution in [2.24, 2.45) is 0 Å². The van der Waals surface area contributed by atoms with Crippen LogP contribution in [0.1, 0.15) is 23.0 Å². The molecular formula is C23H27F3N6O4.